The third-order valence-electron chi connectivity index (χ3n) is 3.16. The number of rotatable bonds is 3. The third-order valence-corrected chi connectivity index (χ3v) is 3.16. The van der Waals surface area contributed by atoms with E-state index in [0.29, 0.717) is 11.7 Å². The Kier molecular flexibility index (Phi) is 5.62. The van der Waals surface area contributed by atoms with E-state index in [9.17, 15) is 4.79 Å². The molecule has 0 aliphatic carbocycles. The largest absolute Gasteiger partial charge is 0.340 e. The zero-order chi connectivity index (χ0) is 12.3. The maximum absolute atomic E-state index is 12.3. The van der Waals surface area contributed by atoms with Crippen LogP contribution in [0.3, 0.4) is 0 Å². The molecule has 0 aromatic carbocycles. The Labute approximate surface area is 114 Å². The normalized spacial score (nSPS) is 19.4. The van der Waals surface area contributed by atoms with Crippen molar-refractivity contribution in [1.82, 2.24) is 19.8 Å². The number of imidazole rings is 1. The number of aromatic nitrogens is 2. The van der Waals surface area contributed by atoms with Crippen molar-refractivity contribution >= 4 is 18.3 Å². The number of carbonyl (C=O) groups excluding carboxylic acids is 1. The van der Waals surface area contributed by atoms with Crippen molar-refractivity contribution in [2.24, 2.45) is 7.05 Å². The highest BCUT2D eigenvalue weighted by Gasteiger charge is 2.27. The second kappa shape index (κ2) is 6.75. The number of hydrogen-bond donors (Lipinski definition) is 1. The predicted octanol–water partition coefficient (Wildman–Crippen LogP) is 1.06. The number of nitrogens with zero attached hydrogens (tertiary/aromatic N) is 3. The van der Waals surface area contributed by atoms with Gasteiger partial charge in [0.1, 0.15) is 5.69 Å². The van der Waals surface area contributed by atoms with Gasteiger partial charge >= 0.3 is 0 Å². The first-order chi connectivity index (χ1) is 8.22. The molecule has 1 saturated heterocycles. The van der Waals surface area contributed by atoms with Crippen LogP contribution in [0.2, 0.25) is 0 Å². The predicted molar refractivity (Wildman–Crippen MR) is 73.1 cm³/mol. The molecular formula is C12H21ClN4O. The zero-order valence-corrected chi connectivity index (χ0v) is 11.7. The van der Waals surface area contributed by atoms with Crippen molar-refractivity contribution in [3.05, 3.63) is 18.2 Å². The lowest BCUT2D eigenvalue weighted by Gasteiger charge is -2.35. The van der Waals surface area contributed by atoms with Crippen LogP contribution in [-0.4, -0.2) is 46.0 Å². The lowest BCUT2D eigenvalue weighted by molar-refractivity contribution is 0.0619. The lowest BCUT2D eigenvalue weighted by Crippen LogP contribution is -2.53. The summed E-state index contributed by atoms with van der Waals surface area (Å²) in [7, 11) is 1.88. The Morgan fingerprint density at radius 3 is 3.00 bits per heavy atom. The van der Waals surface area contributed by atoms with E-state index in [0.717, 1.165) is 32.5 Å². The van der Waals surface area contributed by atoms with Gasteiger partial charge in [0.25, 0.3) is 5.91 Å². The molecular weight excluding hydrogens is 252 g/mol. The molecule has 0 spiro atoms. The van der Waals surface area contributed by atoms with E-state index in [1.807, 2.05) is 16.5 Å². The van der Waals surface area contributed by atoms with Crippen LogP contribution < -0.4 is 5.32 Å². The van der Waals surface area contributed by atoms with Crippen LogP contribution in [0.1, 0.15) is 30.3 Å². The summed E-state index contributed by atoms with van der Waals surface area (Å²) in [6.07, 6.45) is 5.60. The topological polar surface area (TPSA) is 50.2 Å². The molecule has 1 aromatic rings. The van der Waals surface area contributed by atoms with Gasteiger partial charge in [0, 0.05) is 38.9 Å². The van der Waals surface area contributed by atoms with Crippen LogP contribution in [0.25, 0.3) is 0 Å². The maximum Gasteiger partial charge on any atom is 0.274 e. The zero-order valence-electron chi connectivity index (χ0n) is 10.9. The molecule has 0 radical (unpaired) electrons. The molecule has 1 aliphatic rings. The summed E-state index contributed by atoms with van der Waals surface area (Å²) in [5.74, 6) is 0.0607. The standard InChI is InChI=1S/C12H20N4O.ClH/c1-3-4-10-7-13-5-6-16(10)12(17)11-8-15(2)9-14-11;/h8-10,13H,3-7H2,1-2H3;1H. The molecule has 18 heavy (non-hydrogen) atoms. The quantitative estimate of drug-likeness (QED) is 0.895. The van der Waals surface area contributed by atoms with Crippen molar-refractivity contribution in [3.63, 3.8) is 0 Å². The molecule has 0 bridgehead atoms. The van der Waals surface area contributed by atoms with Crippen molar-refractivity contribution in [1.29, 1.82) is 0 Å². The summed E-state index contributed by atoms with van der Waals surface area (Å²) < 4.78 is 1.81. The van der Waals surface area contributed by atoms with Gasteiger partial charge in [-0.1, -0.05) is 13.3 Å². The summed E-state index contributed by atoms with van der Waals surface area (Å²) in [6.45, 7) is 4.70. The first kappa shape index (κ1) is 15.0. The number of carbonyl (C=O) groups is 1. The molecule has 2 rings (SSSR count). The molecule has 102 valence electrons. The summed E-state index contributed by atoms with van der Waals surface area (Å²) >= 11 is 0. The van der Waals surface area contributed by atoms with E-state index in [4.69, 9.17) is 0 Å². The summed E-state index contributed by atoms with van der Waals surface area (Å²) in [6, 6.07) is 0.309. The molecule has 6 heteroatoms. The van der Waals surface area contributed by atoms with E-state index in [-0.39, 0.29) is 18.3 Å². The number of aryl methyl sites for hydroxylation is 1. The van der Waals surface area contributed by atoms with Gasteiger partial charge in [-0.05, 0) is 6.42 Å². The van der Waals surface area contributed by atoms with Gasteiger partial charge in [-0.15, -0.1) is 12.4 Å². The molecule has 1 unspecified atom stereocenters. The van der Waals surface area contributed by atoms with E-state index >= 15 is 0 Å². The maximum atomic E-state index is 12.3. The summed E-state index contributed by atoms with van der Waals surface area (Å²) in [4.78, 5) is 18.4. The smallest absolute Gasteiger partial charge is 0.274 e. The summed E-state index contributed by atoms with van der Waals surface area (Å²) in [5.41, 5.74) is 0.551. The molecule has 1 aliphatic heterocycles. The Bertz CT molecular complexity index is 391. The van der Waals surface area contributed by atoms with Crippen LogP contribution in [0.5, 0.6) is 0 Å². The Hall–Kier alpha value is -1.07. The molecule has 0 saturated carbocycles. The van der Waals surface area contributed by atoms with Gasteiger partial charge in [-0.2, -0.15) is 0 Å². The fourth-order valence-electron chi connectivity index (χ4n) is 2.29. The van der Waals surface area contributed by atoms with Gasteiger partial charge < -0.3 is 14.8 Å². The Morgan fingerprint density at radius 1 is 1.61 bits per heavy atom. The van der Waals surface area contributed by atoms with Gasteiger partial charge in [0.15, 0.2) is 0 Å². The SMILES string of the molecule is CCCC1CNCCN1C(=O)c1cn(C)cn1.Cl. The minimum Gasteiger partial charge on any atom is -0.340 e. The number of nitrogens with one attached hydrogen (secondary N) is 1. The Balaban J connectivity index is 0.00000162. The first-order valence-electron chi connectivity index (χ1n) is 6.22. The van der Waals surface area contributed by atoms with Crippen LogP contribution in [0.4, 0.5) is 0 Å². The fourth-order valence-corrected chi connectivity index (χ4v) is 2.29. The molecule has 1 amide bonds. The number of hydrogen-bond acceptors (Lipinski definition) is 3. The van der Waals surface area contributed by atoms with Crippen molar-refractivity contribution < 1.29 is 4.79 Å². The number of piperazine rings is 1. The van der Waals surface area contributed by atoms with Gasteiger partial charge in [0.2, 0.25) is 0 Å². The molecule has 1 N–H and O–H groups in total. The minimum atomic E-state index is 0. The van der Waals surface area contributed by atoms with E-state index in [2.05, 4.69) is 17.2 Å². The number of amides is 1. The van der Waals surface area contributed by atoms with E-state index in [1.165, 1.54) is 0 Å². The monoisotopic (exact) mass is 272 g/mol. The Morgan fingerprint density at radius 2 is 2.39 bits per heavy atom. The highest BCUT2D eigenvalue weighted by Crippen LogP contribution is 2.13. The van der Waals surface area contributed by atoms with Gasteiger partial charge in [-0.3, -0.25) is 4.79 Å². The van der Waals surface area contributed by atoms with Crippen LogP contribution in [0, 0.1) is 0 Å². The summed E-state index contributed by atoms with van der Waals surface area (Å²) in [5, 5.41) is 3.34. The second-order valence-corrected chi connectivity index (χ2v) is 4.57. The third kappa shape index (κ3) is 3.23. The van der Waals surface area contributed by atoms with Crippen molar-refractivity contribution in [2.75, 3.05) is 19.6 Å². The fraction of sp³-hybridized carbons (Fsp3) is 0.667. The number of halogens is 1. The molecule has 1 aromatic heterocycles. The minimum absolute atomic E-state index is 0. The molecule has 1 atom stereocenters. The second-order valence-electron chi connectivity index (χ2n) is 4.57. The van der Waals surface area contributed by atoms with Crippen molar-refractivity contribution in [3.8, 4) is 0 Å². The van der Waals surface area contributed by atoms with Gasteiger partial charge in [-0.25, -0.2) is 4.98 Å². The highest BCUT2D eigenvalue weighted by molar-refractivity contribution is 5.92. The van der Waals surface area contributed by atoms with E-state index in [1.54, 1.807) is 12.5 Å². The molecule has 5 nitrogen and oxygen atoms in total. The van der Waals surface area contributed by atoms with Crippen LogP contribution in [0.15, 0.2) is 12.5 Å². The molecule has 1 fully saturated rings. The average Bonchev–Trinajstić information content (AvgIpc) is 2.76. The first-order valence-corrected chi connectivity index (χ1v) is 6.22. The van der Waals surface area contributed by atoms with Crippen LogP contribution in [-0.2, 0) is 7.05 Å². The highest BCUT2D eigenvalue weighted by atomic mass is 35.5. The van der Waals surface area contributed by atoms with Crippen LogP contribution >= 0.6 is 12.4 Å². The lowest BCUT2D eigenvalue weighted by atomic mass is 10.1. The van der Waals surface area contributed by atoms with Gasteiger partial charge in [0.05, 0.1) is 6.33 Å². The van der Waals surface area contributed by atoms with Crippen molar-refractivity contribution in [2.45, 2.75) is 25.8 Å². The van der Waals surface area contributed by atoms with E-state index < -0.39 is 0 Å². The molecule has 2 heterocycles. The average molecular weight is 273 g/mol.